The molecule has 2 aromatic carbocycles. The Bertz CT molecular complexity index is 1110. The lowest BCUT2D eigenvalue weighted by Crippen LogP contribution is -2.52. The molecule has 1 saturated heterocycles. The molecule has 0 aromatic heterocycles. The number of nitrogens with zero attached hydrogens (tertiary/aromatic N) is 3. The molecular formula is C26H26N4O2. The molecule has 6 heteroatoms. The topological polar surface area (TPSA) is 82.6 Å². The first-order chi connectivity index (χ1) is 15.7. The van der Waals surface area contributed by atoms with E-state index in [1.54, 1.807) is 0 Å². The molecule has 1 aliphatic carbocycles. The molecule has 2 aromatic rings. The number of rotatable bonds is 3. The molecule has 2 aliphatic heterocycles. The second kappa shape index (κ2) is 8.62. The third kappa shape index (κ3) is 3.50. The lowest BCUT2D eigenvalue weighted by Gasteiger charge is -2.47. The Morgan fingerprint density at radius 2 is 1.56 bits per heavy atom. The molecule has 2 heterocycles. The van der Waals surface area contributed by atoms with Crippen molar-refractivity contribution in [2.75, 3.05) is 26.3 Å². The fourth-order valence-corrected chi connectivity index (χ4v) is 5.13. The third-order valence-electron chi connectivity index (χ3n) is 6.61. The number of Topliss-reactive ketones (excluding diaryl/α,β-unsaturated/α-hetero) is 1. The second-order valence-electron chi connectivity index (χ2n) is 8.43. The van der Waals surface area contributed by atoms with E-state index in [-0.39, 0.29) is 11.7 Å². The molecule has 0 unspecified atom stereocenters. The quantitative estimate of drug-likeness (QED) is 0.810. The van der Waals surface area contributed by atoms with Gasteiger partial charge in [-0.15, -0.1) is 0 Å². The first kappa shape index (κ1) is 20.5. The summed E-state index contributed by atoms with van der Waals surface area (Å²) in [5.41, 5.74) is 10.8. The minimum atomic E-state index is -0.433. The molecule has 0 amide bonds. The largest absolute Gasteiger partial charge is 0.383 e. The third-order valence-corrected chi connectivity index (χ3v) is 6.61. The molecule has 6 nitrogen and oxygen atoms in total. The predicted molar refractivity (Wildman–Crippen MR) is 121 cm³/mol. The van der Waals surface area contributed by atoms with E-state index in [2.05, 4.69) is 23.2 Å². The average Bonchev–Trinajstić information content (AvgIpc) is 2.85. The predicted octanol–water partition coefficient (Wildman–Crippen LogP) is 3.43. The van der Waals surface area contributed by atoms with Gasteiger partial charge in [-0.2, -0.15) is 5.26 Å². The van der Waals surface area contributed by atoms with Crippen molar-refractivity contribution >= 4 is 5.78 Å². The normalized spacial score (nSPS) is 24.3. The van der Waals surface area contributed by atoms with Crippen LogP contribution < -0.4 is 5.73 Å². The van der Waals surface area contributed by atoms with Crippen molar-refractivity contribution in [3.63, 3.8) is 0 Å². The number of morpholine rings is 1. The van der Waals surface area contributed by atoms with Gasteiger partial charge in [0.1, 0.15) is 5.82 Å². The number of benzene rings is 2. The lowest BCUT2D eigenvalue weighted by atomic mass is 9.72. The van der Waals surface area contributed by atoms with Crippen LogP contribution in [0.15, 0.2) is 83.3 Å². The van der Waals surface area contributed by atoms with E-state index in [4.69, 9.17) is 10.5 Å². The molecule has 0 spiro atoms. The van der Waals surface area contributed by atoms with Crippen LogP contribution in [-0.2, 0) is 9.53 Å². The number of carbonyl (C=O) groups is 1. The standard InChI is InChI=1S/C26H26N4O2/c27-17-21-24(19-9-5-2-6-10-19)25-22(30(26(21)28)29-11-13-32-14-12-29)15-20(16-23(25)31)18-7-3-1-4-8-18/h1-10,20,24H,11-16,28H2/t20-,24-/m1/s1. The fraction of sp³-hybridized carbons (Fsp3) is 0.308. The van der Waals surface area contributed by atoms with Crippen LogP contribution >= 0.6 is 0 Å². The van der Waals surface area contributed by atoms with E-state index in [1.807, 2.05) is 53.5 Å². The van der Waals surface area contributed by atoms with Crippen LogP contribution in [0.3, 0.4) is 0 Å². The van der Waals surface area contributed by atoms with Crippen LogP contribution in [0.4, 0.5) is 0 Å². The minimum Gasteiger partial charge on any atom is -0.383 e. The molecular weight excluding hydrogens is 400 g/mol. The maximum absolute atomic E-state index is 13.7. The Kier molecular flexibility index (Phi) is 5.52. The van der Waals surface area contributed by atoms with E-state index in [0.717, 1.165) is 16.8 Å². The summed E-state index contributed by atoms with van der Waals surface area (Å²) in [7, 11) is 0. The van der Waals surface area contributed by atoms with E-state index >= 15 is 0 Å². The van der Waals surface area contributed by atoms with Gasteiger partial charge in [-0.3, -0.25) is 9.80 Å². The van der Waals surface area contributed by atoms with Crippen LogP contribution in [0.1, 0.15) is 35.8 Å². The molecule has 2 N–H and O–H groups in total. The van der Waals surface area contributed by atoms with Crippen LogP contribution in [0.2, 0.25) is 0 Å². The second-order valence-corrected chi connectivity index (χ2v) is 8.43. The molecule has 5 rings (SSSR count). The van der Waals surface area contributed by atoms with Crippen LogP contribution in [-0.4, -0.2) is 42.1 Å². The van der Waals surface area contributed by atoms with Gasteiger partial charge in [0.2, 0.25) is 0 Å². The summed E-state index contributed by atoms with van der Waals surface area (Å²) < 4.78 is 5.54. The fourth-order valence-electron chi connectivity index (χ4n) is 5.13. The molecule has 162 valence electrons. The number of ketones is 1. The van der Waals surface area contributed by atoms with Crippen molar-refractivity contribution in [2.24, 2.45) is 5.73 Å². The minimum absolute atomic E-state index is 0.0823. The highest BCUT2D eigenvalue weighted by Gasteiger charge is 2.44. The van der Waals surface area contributed by atoms with Crippen LogP contribution in [0.5, 0.6) is 0 Å². The van der Waals surface area contributed by atoms with Crippen molar-refractivity contribution in [3.05, 3.63) is 94.5 Å². The Morgan fingerprint density at radius 3 is 2.19 bits per heavy atom. The molecule has 0 saturated carbocycles. The highest BCUT2D eigenvalue weighted by molar-refractivity contribution is 6.00. The number of nitriles is 1. The highest BCUT2D eigenvalue weighted by atomic mass is 16.5. The summed E-state index contributed by atoms with van der Waals surface area (Å²) in [6, 6.07) is 22.3. The van der Waals surface area contributed by atoms with E-state index in [0.29, 0.717) is 56.1 Å². The maximum Gasteiger partial charge on any atom is 0.162 e. The van der Waals surface area contributed by atoms with Gasteiger partial charge in [0.15, 0.2) is 5.78 Å². The average molecular weight is 427 g/mol. The zero-order valence-corrected chi connectivity index (χ0v) is 17.9. The summed E-state index contributed by atoms with van der Waals surface area (Å²) in [5.74, 6) is 0.160. The van der Waals surface area contributed by atoms with Gasteiger partial charge in [0.25, 0.3) is 0 Å². The van der Waals surface area contributed by atoms with Crippen LogP contribution in [0.25, 0.3) is 0 Å². The number of hydrazine groups is 1. The van der Waals surface area contributed by atoms with Crippen molar-refractivity contribution in [1.29, 1.82) is 5.26 Å². The molecule has 0 bridgehead atoms. The molecule has 0 radical (unpaired) electrons. The molecule has 1 fully saturated rings. The highest BCUT2D eigenvalue weighted by Crippen LogP contribution is 2.48. The van der Waals surface area contributed by atoms with Gasteiger partial charge >= 0.3 is 0 Å². The number of hydrogen-bond acceptors (Lipinski definition) is 6. The summed E-state index contributed by atoms with van der Waals surface area (Å²) in [4.78, 5) is 13.7. The number of nitrogens with two attached hydrogens (primary N) is 1. The molecule has 2 atom stereocenters. The van der Waals surface area contributed by atoms with E-state index < -0.39 is 5.92 Å². The first-order valence-electron chi connectivity index (χ1n) is 11.1. The van der Waals surface area contributed by atoms with Gasteiger partial charge < -0.3 is 10.5 Å². The van der Waals surface area contributed by atoms with Crippen molar-refractivity contribution in [1.82, 2.24) is 10.0 Å². The lowest BCUT2D eigenvalue weighted by molar-refractivity contribution is -0.117. The molecule has 32 heavy (non-hydrogen) atoms. The Labute approximate surface area is 188 Å². The van der Waals surface area contributed by atoms with E-state index in [1.165, 1.54) is 0 Å². The summed E-state index contributed by atoms with van der Waals surface area (Å²) in [5, 5.41) is 14.2. The first-order valence-corrected chi connectivity index (χ1v) is 11.1. The summed E-state index contributed by atoms with van der Waals surface area (Å²) in [6.45, 7) is 2.51. The van der Waals surface area contributed by atoms with Gasteiger partial charge in [0, 0.05) is 30.8 Å². The SMILES string of the molecule is N#CC1=C(N)N(N2CCOCC2)C2=C(C(=O)C[C@H](c3ccccc3)C2)[C@@H]1c1ccccc1. The number of carbonyl (C=O) groups excluding carboxylic acids is 1. The smallest absolute Gasteiger partial charge is 0.162 e. The zero-order chi connectivity index (χ0) is 22.1. The van der Waals surface area contributed by atoms with Gasteiger partial charge in [-0.25, -0.2) is 5.01 Å². The van der Waals surface area contributed by atoms with E-state index in [9.17, 15) is 10.1 Å². The van der Waals surface area contributed by atoms with Crippen molar-refractivity contribution in [3.8, 4) is 6.07 Å². The Balaban J connectivity index is 1.66. The Morgan fingerprint density at radius 1 is 0.938 bits per heavy atom. The monoisotopic (exact) mass is 426 g/mol. The summed E-state index contributed by atoms with van der Waals surface area (Å²) >= 11 is 0. The zero-order valence-electron chi connectivity index (χ0n) is 17.9. The number of hydrogen-bond donors (Lipinski definition) is 1. The van der Waals surface area contributed by atoms with Gasteiger partial charge in [0.05, 0.1) is 30.8 Å². The number of ether oxygens (including phenoxy) is 1. The Hall–Kier alpha value is -3.40. The maximum atomic E-state index is 13.7. The van der Waals surface area contributed by atoms with Crippen LogP contribution in [0, 0.1) is 11.3 Å². The van der Waals surface area contributed by atoms with Gasteiger partial charge in [-0.05, 0) is 23.5 Å². The number of allylic oxidation sites excluding steroid dienone is 3. The van der Waals surface area contributed by atoms with Crippen molar-refractivity contribution < 1.29 is 9.53 Å². The van der Waals surface area contributed by atoms with Gasteiger partial charge in [-0.1, -0.05) is 60.7 Å². The summed E-state index contributed by atoms with van der Waals surface area (Å²) in [6.07, 6.45) is 1.13. The van der Waals surface area contributed by atoms with Crippen molar-refractivity contribution in [2.45, 2.75) is 24.7 Å². The molecule has 3 aliphatic rings.